The zero-order valence-corrected chi connectivity index (χ0v) is 13.6. The summed E-state index contributed by atoms with van der Waals surface area (Å²) in [5.41, 5.74) is 7.92. The van der Waals surface area contributed by atoms with Crippen molar-refractivity contribution in [3.8, 4) is 0 Å². The number of anilines is 1. The Bertz CT molecular complexity index is 868. The summed E-state index contributed by atoms with van der Waals surface area (Å²) in [6, 6.07) is 3.76. The average molecular weight is 373 g/mol. The minimum absolute atomic E-state index is 0.0820. The number of hydroxylamine groups is 1. The first kappa shape index (κ1) is 18.7. The topological polar surface area (TPSA) is 182 Å². The summed E-state index contributed by atoms with van der Waals surface area (Å²) in [6.45, 7) is 0.0820. The molecular formula is C12H16FN7O4S. The van der Waals surface area contributed by atoms with Crippen molar-refractivity contribution >= 4 is 27.4 Å². The number of hydrogen-bond acceptors (Lipinski definition) is 8. The maximum atomic E-state index is 13.2. The van der Waals surface area contributed by atoms with Crippen LogP contribution in [0.5, 0.6) is 0 Å². The molecule has 0 aliphatic rings. The molecule has 0 atom stereocenters. The molecule has 1 aromatic carbocycles. The van der Waals surface area contributed by atoms with Crippen molar-refractivity contribution in [2.75, 3.05) is 12.3 Å². The van der Waals surface area contributed by atoms with Gasteiger partial charge in [0.1, 0.15) is 11.5 Å². The molecule has 0 bridgehead atoms. The Labute approximate surface area is 142 Å². The van der Waals surface area contributed by atoms with Gasteiger partial charge >= 0.3 is 0 Å². The third-order valence-electron chi connectivity index (χ3n) is 3.00. The fraction of sp³-hybridized carbons (Fsp3) is 0.250. The van der Waals surface area contributed by atoms with E-state index in [1.54, 1.807) is 0 Å². The second-order valence-corrected chi connectivity index (χ2v) is 6.26. The number of aromatic nitrogens is 2. The van der Waals surface area contributed by atoms with Crippen LogP contribution in [0.3, 0.4) is 0 Å². The summed E-state index contributed by atoms with van der Waals surface area (Å²) in [4.78, 5) is 4.06. The molecule has 2 rings (SSSR count). The van der Waals surface area contributed by atoms with Crippen molar-refractivity contribution in [3.05, 3.63) is 35.4 Å². The quantitative estimate of drug-likeness (QED) is 0.142. The molecule has 0 amide bonds. The molecule has 136 valence electrons. The first-order valence-electron chi connectivity index (χ1n) is 6.93. The highest BCUT2D eigenvalue weighted by Gasteiger charge is 2.16. The van der Waals surface area contributed by atoms with E-state index in [0.717, 1.165) is 6.07 Å². The van der Waals surface area contributed by atoms with Crippen LogP contribution in [0.15, 0.2) is 27.8 Å². The van der Waals surface area contributed by atoms with Gasteiger partial charge in [0.05, 0.1) is 11.4 Å². The molecular weight excluding hydrogens is 357 g/mol. The van der Waals surface area contributed by atoms with Crippen LogP contribution in [0.25, 0.3) is 0 Å². The van der Waals surface area contributed by atoms with Crippen LogP contribution in [0, 0.1) is 5.82 Å². The van der Waals surface area contributed by atoms with Gasteiger partial charge in [0, 0.05) is 6.54 Å². The van der Waals surface area contributed by atoms with Crippen LogP contribution < -0.4 is 21.1 Å². The van der Waals surface area contributed by atoms with E-state index in [1.807, 2.05) is 5.48 Å². The van der Waals surface area contributed by atoms with Gasteiger partial charge in [-0.1, -0.05) is 5.16 Å². The van der Waals surface area contributed by atoms with E-state index in [-0.39, 0.29) is 35.9 Å². The number of benzene rings is 1. The lowest BCUT2D eigenvalue weighted by atomic mass is 10.2. The van der Waals surface area contributed by atoms with Crippen molar-refractivity contribution in [1.82, 2.24) is 20.5 Å². The highest BCUT2D eigenvalue weighted by Crippen LogP contribution is 2.20. The van der Waals surface area contributed by atoms with Gasteiger partial charge in [-0.3, -0.25) is 10.7 Å². The molecule has 25 heavy (non-hydrogen) atoms. The standard InChI is InChI=1S/C12H16FN7O4S/c13-8-4-3-7(6-9(8)14)17-12(18-21)11-10(19-24-20-11)2-1-5-16-25(15,22)23/h3-4,6,16,21H,1-2,5,14H2,(H,17,18)(H2,15,22,23). The molecule has 2 aromatic rings. The van der Waals surface area contributed by atoms with Crippen molar-refractivity contribution in [1.29, 1.82) is 0 Å². The van der Waals surface area contributed by atoms with Crippen molar-refractivity contribution in [2.24, 2.45) is 10.1 Å². The van der Waals surface area contributed by atoms with Crippen LogP contribution in [-0.2, 0) is 16.6 Å². The van der Waals surface area contributed by atoms with Gasteiger partial charge in [0.15, 0.2) is 11.5 Å². The van der Waals surface area contributed by atoms with Gasteiger partial charge in [-0.2, -0.15) is 8.42 Å². The fourth-order valence-corrected chi connectivity index (χ4v) is 2.31. The van der Waals surface area contributed by atoms with Gasteiger partial charge in [-0.25, -0.2) is 23.9 Å². The Morgan fingerprint density at radius 1 is 1.40 bits per heavy atom. The SMILES string of the molecule is Nc1cc(N=C(NO)c2nonc2CCCNS(N)(=O)=O)ccc1F. The summed E-state index contributed by atoms with van der Waals surface area (Å²) >= 11 is 0. The van der Waals surface area contributed by atoms with E-state index in [2.05, 4.69) is 24.7 Å². The lowest BCUT2D eigenvalue weighted by molar-refractivity contribution is 0.234. The van der Waals surface area contributed by atoms with E-state index >= 15 is 0 Å². The first-order chi connectivity index (χ1) is 11.8. The lowest BCUT2D eigenvalue weighted by Crippen LogP contribution is -2.31. The van der Waals surface area contributed by atoms with Crippen LogP contribution in [0.4, 0.5) is 15.8 Å². The number of aliphatic imine (C=N–C) groups is 1. The molecule has 7 N–H and O–H groups in total. The average Bonchev–Trinajstić information content (AvgIpc) is 3.00. The van der Waals surface area contributed by atoms with Crippen LogP contribution in [-0.4, -0.2) is 36.3 Å². The molecule has 0 spiro atoms. The van der Waals surface area contributed by atoms with E-state index < -0.39 is 16.0 Å². The van der Waals surface area contributed by atoms with Gasteiger partial charge < -0.3 is 5.73 Å². The predicted octanol–water partition coefficient (Wildman–Crippen LogP) is -0.426. The summed E-state index contributed by atoms with van der Waals surface area (Å²) in [6.07, 6.45) is 0.619. The van der Waals surface area contributed by atoms with Crippen molar-refractivity contribution < 1.29 is 22.6 Å². The zero-order valence-electron chi connectivity index (χ0n) is 12.8. The Morgan fingerprint density at radius 3 is 2.80 bits per heavy atom. The number of aryl methyl sites for hydroxylation is 1. The third kappa shape index (κ3) is 5.46. The number of rotatable bonds is 7. The second kappa shape index (κ2) is 7.98. The highest BCUT2D eigenvalue weighted by atomic mass is 32.2. The molecule has 0 saturated heterocycles. The molecule has 1 aromatic heterocycles. The number of hydrogen-bond donors (Lipinski definition) is 5. The minimum Gasteiger partial charge on any atom is -0.396 e. The normalized spacial score (nSPS) is 12.4. The van der Waals surface area contributed by atoms with Crippen molar-refractivity contribution in [2.45, 2.75) is 12.8 Å². The number of nitrogens with zero attached hydrogens (tertiary/aromatic N) is 3. The van der Waals surface area contributed by atoms with E-state index in [9.17, 15) is 18.0 Å². The summed E-state index contributed by atoms with van der Waals surface area (Å²) < 4.78 is 41.5. The maximum absolute atomic E-state index is 13.2. The zero-order chi connectivity index (χ0) is 18.4. The molecule has 11 nitrogen and oxygen atoms in total. The van der Waals surface area contributed by atoms with Gasteiger partial charge in [0.25, 0.3) is 10.2 Å². The van der Waals surface area contributed by atoms with E-state index in [1.165, 1.54) is 12.1 Å². The molecule has 0 fully saturated rings. The fourth-order valence-electron chi connectivity index (χ4n) is 1.88. The van der Waals surface area contributed by atoms with Gasteiger partial charge in [-0.05, 0) is 36.2 Å². The van der Waals surface area contributed by atoms with Gasteiger partial charge in [0.2, 0.25) is 0 Å². The van der Waals surface area contributed by atoms with Crippen molar-refractivity contribution in [3.63, 3.8) is 0 Å². The lowest BCUT2D eigenvalue weighted by Gasteiger charge is -2.04. The molecule has 0 aliphatic heterocycles. The van der Waals surface area contributed by atoms with Crippen LogP contribution in [0.2, 0.25) is 0 Å². The summed E-state index contributed by atoms with van der Waals surface area (Å²) in [7, 11) is -3.77. The monoisotopic (exact) mass is 373 g/mol. The Morgan fingerprint density at radius 2 is 2.16 bits per heavy atom. The second-order valence-electron chi connectivity index (χ2n) is 4.88. The molecule has 13 heteroatoms. The van der Waals surface area contributed by atoms with E-state index in [4.69, 9.17) is 10.9 Å². The predicted molar refractivity (Wildman–Crippen MR) is 85.7 cm³/mol. The van der Waals surface area contributed by atoms with Crippen LogP contribution in [0.1, 0.15) is 17.8 Å². The Hall–Kier alpha value is -2.61. The molecule has 0 saturated carbocycles. The number of halogens is 1. The maximum Gasteiger partial charge on any atom is 0.274 e. The smallest absolute Gasteiger partial charge is 0.274 e. The number of nitrogens with two attached hydrogens (primary N) is 2. The van der Waals surface area contributed by atoms with Gasteiger partial charge in [-0.15, -0.1) is 0 Å². The number of amidine groups is 1. The summed E-state index contributed by atoms with van der Waals surface area (Å²) in [5, 5.41) is 21.4. The first-order valence-corrected chi connectivity index (χ1v) is 8.48. The molecule has 0 radical (unpaired) electrons. The third-order valence-corrected chi connectivity index (χ3v) is 3.61. The largest absolute Gasteiger partial charge is 0.396 e. The molecule has 0 unspecified atom stereocenters. The molecule has 0 aliphatic carbocycles. The van der Waals surface area contributed by atoms with Crippen LogP contribution >= 0.6 is 0 Å². The Kier molecular flexibility index (Phi) is 5.97. The Balaban J connectivity index is 2.14. The highest BCUT2D eigenvalue weighted by molar-refractivity contribution is 7.87. The molecule has 1 heterocycles. The summed E-state index contributed by atoms with van der Waals surface area (Å²) in [5.74, 6) is -0.690. The number of nitrogens with one attached hydrogen (secondary N) is 2. The number of nitrogen functional groups attached to an aromatic ring is 1. The minimum atomic E-state index is -3.77. The van der Waals surface area contributed by atoms with E-state index in [0.29, 0.717) is 12.1 Å².